The second-order valence-electron chi connectivity index (χ2n) is 7.78. The van der Waals surface area contributed by atoms with Crippen molar-refractivity contribution in [3.8, 4) is 5.75 Å². The number of hydrogen-bond donors (Lipinski definition) is 0. The maximum absolute atomic E-state index is 12.5. The molecule has 0 bridgehead atoms. The second-order valence-corrected chi connectivity index (χ2v) is 8.56. The van der Waals surface area contributed by atoms with Gasteiger partial charge in [-0.3, -0.25) is 4.98 Å². The third-order valence-electron chi connectivity index (χ3n) is 5.46. The van der Waals surface area contributed by atoms with Crippen LogP contribution >= 0.6 is 11.3 Å². The molecule has 0 unspecified atom stereocenters. The van der Waals surface area contributed by atoms with E-state index in [0.29, 0.717) is 11.7 Å². The molecule has 0 aliphatic carbocycles. The summed E-state index contributed by atoms with van der Waals surface area (Å²) in [6.45, 7) is 3.57. The number of likely N-dealkylation sites (tertiary alicyclic amines) is 1. The number of aromatic nitrogens is 1. The third kappa shape index (κ3) is 5.45. The smallest absolute Gasteiger partial charge is 0.410 e. The van der Waals surface area contributed by atoms with E-state index in [0.717, 1.165) is 55.6 Å². The Balaban J connectivity index is 1.26. The van der Waals surface area contributed by atoms with Crippen LogP contribution in [0.2, 0.25) is 0 Å². The molecular formula is C24H26N2O2S. The fourth-order valence-electron chi connectivity index (χ4n) is 3.71. The van der Waals surface area contributed by atoms with Crippen molar-refractivity contribution in [3.63, 3.8) is 0 Å². The Kier molecular flexibility index (Phi) is 6.25. The standard InChI is InChI=1S/C24H26N2O2S/c1-18-2-5-22(25-16-18)15-19-3-6-23(7-4-19)28-24(27)26-11-8-20(9-12-26)14-21-10-13-29-17-21/h2-7,10,13,16-17,20H,8-9,11-12,14-15H2,1H3. The van der Waals surface area contributed by atoms with Crippen LogP contribution in [0.1, 0.15) is 35.2 Å². The highest BCUT2D eigenvalue weighted by molar-refractivity contribution is 7.07. The summed E-state index contributed by atoms with van der Waals surface area (Å²) >= 11 is 1.75. The zero-order valence-electron chi connectivity index (χ0n) is 16.7. The molecule has 1 amide bonds. The number of hydrogen-bond acceptors (Lipinski definition) is 4. The molecule has 3 aromatic rings. The molecule has 1 aromatic carbocycles. The average molecular weight is 407 g/mol. The lowest BCUT2D eigenvalue weighted by Crippen LogP contribution is -2.40. The zero-order valence-corrected chi connectivity index (χ0v) is 17.5. The molecule has 5 heteroatoms. The summed E-state index contributed by atoms with van der Waals surface area (Å²) in [5.41, 5.74) is 4.75. The summed E-state index contributed by atoms with van der Waals surface area (Å²) in [6, 6.07) is 14.0. The Labute approximate surface area is 176 Å². The molecule has 4 nitrogen and oxygen atoms in total. The van der Waals surface area contributed by atoms with E-state index in [9.17, 15) is 4.79 Å². The van der Waals surface area contributed by atoms with E-state index in [1.54, 1.807) is 11.3 Å². The summed E-state index contributed by atoms with van der Waals surface area (Å²) in [4.78, 5) is 18.8. The Hall–Kier alpha value is -2.66. The molecule has 0 spiro atoms. The van der Waals surface area contributed by atoms with Gasteiger partial charge >= 0.3 is 6.09 Å². The molecule has 1 aliphatic rings. The van der Waals surface area contributed by atoms with Crippen LogP contribution in [0.4, 0.5) is 4.79 Å². The van der Waals surface area contributed by atoms with Crippen LogP contribution < -0.4 is 4.74 Å². The van der Waals surface area contributed by atoms with Crippen LogP contribution in [0.3, 0.4) is 0 Å². The first-order chi connectivity index (χ1) is 14.2. The minimum Gasteiger partial charge on any atom is -0.410 e. The molecule has 4 rings (SSSR count). The second kappa shape index (κ2) is 9.23. The van der Waals surface area contributed by atoms with Crippen molar-refractivity contribution in [2.24, 2.45) is 5.92 Å². The summed E-state index contributed by atoms with van der Waals surface area (Å²) < 4.78 is 5.59. The van der Waals surface area contributed by atoms with E-state index >= 15 is 0 Å². The molecule has 1 fully saturated rings. The lowest BCUT2D eigenvalue weighted by Gasteiger charge is -2.31. The van der Waals surface area contributed by atoms with Gasteiger partial charge in [0.2, 0.25) is 0 Å². The normalized spacial score (nSPS) is 14.7. The van der Waals surface area contributed by atoms with Crippen LogP contribution in [0.25, 0.3) is 0 Å². The Morgan fingerprint density at radius 3 is 2.55 bits per heavy atom. The molecule has 1 saturated heterocycles. The molecular weight excluding hydrogens is 380 g/mol. The van der Waals surface area contributed by atoms with E-state index in [4.69, 9.17) is 4.74 Å². The van der Waals surface area contributed by atoms with Gasteiger partial charge in [0.25, 0.3) is 0 Å². The van der Waals surface area contributed by atoms with Crippen LogP contribution in [0, 0.1) is 12.8 Å². The minimum atomic E-state index is -0.244. The van der Waals surface area contributed by atoms with Gasteiger partial charge in [0, 0.05) is 31.4 Å². The number of carbonyl (C=O) groups is 1. The van der Waals surface area contributed by atoms with Crippen LogP contribution in [-0.2, 0) is 12.8 Å². The molecule has 0 saturated carbocycles. The first-order valence-corrected chi connectivity index (χ1v) is 11.1. The number of thiophene rings is 1. The lowest BCUT2D eigenvalue weighted by atomic mass is 9.91. The van der Waals surface area contributed by atoms with Gasteiger partial charge in [0.1, 0.15) is 5.75 Å². The van der Waals surface area contributed by atoms with Gasteiger partial charge in [-0.15, -0.1) is 0 Å². The SMILES string of the molecule is Cc1ccc(Cc2ccc(OC(=O)N3CCC(Cc4ccsc4)CC3)cc2)nc1. The molecule has 0 radical (unpaired) electrons. The van der Waals surface area contributed by atoms with Crippen molar-refractivity contribution in [2.75, 3.05) is 13.1 Å². The van der Waals surface area contributed by atoms with Gasteiger partial charge in [0.05, 0.1) is 0 Å². The number of pyridine rings is 1. The summed E-state index contributed by atoms with van der Waals surface area (Å²) in [6.07, 6.45) is 5.60. The number of nitrogens with zero attached hydrogens (tertiary/aromatic N) is 2. The van der Waals surface area contributed by atoms with Gasteiger partial charge < -0.3 is 9.64 Å². The number of benzene rings is 1. The average Bonchev–Trinajstić information content (AvgIpc) is 3.25. The molecule has 0 N–H and O–H groups in total. The topological polar surface area (TPSA) is 42.4 Å². The van der Waals surface area contributed by atoms with Crippen molar-refractivity contribution in [3.05, 3.63) is 81.8 Å². The molecule has 29 heavy (non-hydrogen) atoms. The highest BCUT2D eigenvalue weighted by Gasteiger charge is 2.24. The first kappa shape index (κ1) is 19.6. The Bertz CT molecular complexity index is 913. The van der Waals surface area contributed by atoms with E-state index in [2.05, 4.69) is 27.9 Å². The molecule has 150 valence electrons. The van der Waals surface area contributed by atoms with Crippen molar-refractivity contribution < 1.29 is 9.53 Å². The maximum Gasteiger partial charge on any atom is 0.415 e. The van der Waals surface area contributed by atoms with E-state index < -0.39 is 0 Å². The van der Waals surface area contributed by atoms with Crippen LogP contribution in [-0.4, -0.2) is 29.1 Å². The predicted octanol–water partition coefficient (Wildman–Crippen LogP) is 5.50. The molecule has 0 atom stereocenters. The number of rotatable bonds is 5. The van der Waals surface area contributed by atoms with Gasteiger partial charge in [-0.05, 0) is 83.8 Å². The monoisotopic (exact) mass is 406 g/mol. The molecule has 2 aromatic heterocycles. The van der Waals surface area contributed by atoms with Gasteiger partial charge in [-0.25, -0.2) is 4.79 Å². The Morgan fingerprint density at radius 2 is 1.90 bits per heavy atom. The summed E-state index contributed by atoms with van der Waals surface area (Å²) in [7, 11) is 0. The van der Waals surface area contributed by atoms with E-state index in [1.807, 2.05) is 48.4 Å². The van der Waals surface area contributed by atoms with Crippen molar-refractivity contribution >= 4 is 17.4 Å². The quantitative estimate of drug-likeness (QED) is 0.562. The molecule has 1 aliphatic heterocycles. The van der Waals surface area contributed by atoms with Crippen LogP contribution in [0.15, 0.2) is 59.4 Å². The highest BCUT2D eigenvalue weighted by atomic mass is 32.1. The van der Waals surface area contributed by atoms with Gasteiger partial charge in [-0.2, -0.15) is 11.3 Å². The Morgan fingerprint density at radius 1 is 1.10 bits per heavy atom. The van der Waals surface area contributed by atoms with Gasteiger partial charge in [-0.1, -0.05) is 18.2 Å². The number of amides is 1. The fraction of sp³-hybridized carbons (Fsp3) is 0.333. The minimum absolute atomic E-state index is 0.244. The summed E-state index contributed by atoms with van der Waals surface area (Å²) in [5, 5.41) is 4.35. The number of carbonyl (C=O) groups excluding carboxylic acids is 1. The first-order valence-electron chi connectivity index (χ1n) is 10.1. The van der Waals surface area contributed by atoms with E-state index in [-0.39, 0.29) is 6.09 Å². The lowest BCUT2D eigenvalue weighted by molar-refractivity contribution is 0.131. The van der Waals surface area contributed by atoms with Crippen molar-refractivity contribution in [1.29, 1.82) is 0 Å². The largest absolute Gasteiger partial charge is 0.415 e. The molecule has 3 heterocycles. The number of aryl methyl sites for hydroxylation is 1. The van der Waals surface area contributed by atoms with Gasteiger partial charge in [0.15, 0.2) is 0 Å². The zero-order chi connectivity index (χ0) is 20.1. The summed E-state index contributed by atoms with van der Waals surface area (Å²) in [5.74, 6) is 1.25. The third-order valence-corrected chi connectivity index (χ3v) is 6.20. The van der Waals surface area contributed by atoms with Crippen molar-refractivity contribution in [1.82, 2.24) is 9.88 Å². The number of piperidine rings is 1. The van der Waals surface area contributed by atoms with Crippen LogP contribution in [0.5, 0.6) is 5.75 Å². The predicted molar refractivity (Wildman–Crippen MR) is 117 cm³/mol. The number of ether oxygens (including phenoxy) is 1. The van der Waals surface area contributed by atoms with Crippen molar-refractivity contribution in [2.45, 2.75) is 32.6 Å². The highest BCUT2D eigenvalue weighted by Crippen LogP contribution is 2.24. The fourth-order valence-corrected chi connectivity index (χ4v) is 4.40. The maximum atomic E-state index is 12.5. The van der Waals surface area contributed by atoms with E-state index in [1.165, 1.54) is 5.56 Å².